The van der Waals surface area contributed by atoms with Crippen LogP contribution >= 0.6 is 11.8 Å². The van der Waals surface area contributed by atoms with Gasteiger partial charge in [0.05, 0.1) is 0 Å². The molecule has 1 nitrogen and oxygen atoms in total. The second-order valence-electron chi connectivity index (χ2n) is 3.65. The normalized spacial score (nSPS) is 27.4. The quantitative estimate of drug-likeness (QED) is 0.611. The average molecular weight is 171 g/mol. The van der Waals surface area contributed by atoms with Crippen molar-refractivity contribution in [2.45, 2.75) is 20.3 Å². The van der Waals surface area contributed by atoms with Gasteiger partial charge in [-0.15, -0.1) is 0 Å². The molecule has 2 heteroatoms. The summed E-state index contributed by atoms with van der Waals surface area (Å²) in [6.45, 7) is 5.32. The highest BCUT2D eigenvalue weighted by molar-refractivity contribution is 7.99. The van der Waals surface area contributed by atoms with E-state index in [4.69, 9.17) is 5.73 Å². The molecule has 1 aliphatic rings. The Bertz CT molecular complexity index is 161. The molecule has 11 heavy (non-hydrogen) atoms. The Morgan fingerprint density at radius 2 is 2.36 bits per heavy atom. The second kappa shape index (κ2) is 3.63. The van der Waals surface area contributed by atoms with E-state index < -0.39 is 0 Å². The van der Waals surface area contributed by atoms with Crippen molar-refractivity contribution in [1.82, 2.24) is 0 Å². The van der Waals surface area contributed by atoms with Crippen molar-refractivity contribution < 1.29 is 0 Å². The lowest BCUT2D eigenvalue weighted by Gasteiger charge is -2.32. The molecular weight excluding hydrogens is 154 g/mol. The summed E-state index contributed by atoms with van der Waals surface area (Å²) in [5, 5.41) is 0. The molecule has 0 bridgehead atoms. The van der Waals surface area contributed by atoms with Crippen molar-refractivity contribution in [3.63, 3.8) is 0 Å². The van der Waals surface area contributed by atoms with Crippen molar-refractivity contribution in [1.29, 1.82) is 0 Å². The Morgan fingerprint density at radius 3 is 2.91 bits per heavy atom. The maximum Gasteiger partial charge on any atom is 0.0149 e. The summed E-state index contributed by atoms with van der Waals surface area (Å²) in [6.07, 6.45) is 3.48. The molecule has 1 rings (SSSR count). The molecule has 0 amide bonds. The van der Waals surface area contributed by atoms with Crippen LogP contribution in [0.15, 0.2) is 11.6 Å². The van der Waals surface area contributed by atoms with Crippen LogP contribution in [0, 0.1) is 5.41 Å². The fourth-order valence-electron chi connectivity index (χ4n) is 1.34. The number of hydrogen-bond donors (Lipinski definition) is 1. The van der Waals surface area contributed by atoms with Crippen LogP contribution in [0.3, 0.4) is 0 Å². The zero-order valence-electron chi connectivity index (χ0n) is 7.39. The smallest absolute Gasteiger partial charge is 0.0149 e. The third kappa shape index (κ3) is 2.24. The van der Waals surface area contributed by atoms with E-state index in [9.17, 15) is 0 Å². The molecule has 2 N–H and O–H groups in total. The molecule has 0 radical (unpaired) electrons. The van der Waals surface area contributed by atoms with Crippen LogP contribution < -0.4 is 5.73 Å². The molecule has 0 aromatic rings. The van der Waals surface area contributed by atoms with E-state index in [0.29, 0.717) is 12.0 Å². The summed E-state index contributed by atoms with van der Waals surface area (Å²) in [5.41, 5.74) is 7.44. The van der Waals surface area contributed by atoms with Crippen LogP contribution in [0.4, 0.5) is 0 Å². The first-order chi connectivity index (χ1) is 5.17. The molecule has 0 aromatic carbocycles. The summed E-state index contributed by atoms with van der Waals surface area (Å²) in [5.74, 6) is 2.49. The minimum atomic E-state index is 0.407. The summed E-state index contributed by atoms with van der Waals surface area (Å²) >= 11 is 2.02. The van der Waals surface area contributed by atoms with Gasteiger partial charge in [-0.05, 0) is 17.6 Å². The van der Waals surface area contributed by atoms with Gasteiger partial charge in [-0.25, -0.2) is 0 Å². The van der Waals surface area contributed by atoms with Gasteiger partial charge >= 0.3 is 0 Å². The van der Waals surface area contributed by atoms with Crippen molar-refractivity contribution >= 4 is 11.8 Å². The van der Waals surface area contributed by atoms with Crippen LogP contribution in [0.25, 0.3) is 0 Å². The minimum absolute atomic E-state index is 0.407. The molecule has 1 saturated heterocycles. The molecule has 1 fully saturated rings. The molecular formula is C9H17NS. The first kappa shape index (κ1) is 9.14. The van der Waals surface area contributed by atoms with Crippen LogP contribution in [-0.2, 0) is 0 Å². The van der Waals surface area contributed by atoms with E-state index in [1.807, 2.05) is 11.8 Å². The Labute approximate surface area is 73.4 Å². The summed E-state index contributed by atoms with van der Waals surface area (Å²) in [4.78, 5) is 0. The van der Waals surface area contributed by atoms with Gasteiger partial charge in [0.15, 0.2) is 0 Å². The molecule has 0 aliphatic carbocycles. The lowest BCUT2D eigenvalue weighted by Crippen LogP contribution is -2.23. The predicted molar refractivity (Wildman–Crippen MR) is 52.9 cm³/mol. The molecule has 0 unspecified atom stereocenters. The second-order valence-corrected chi connectivity index (χ2v) is 4.76. The molecule has 0 spiro atoms. The summed E-state index contributed by atoms with van der Waals surface area (Å²) < 4.78 is 0. The molecule has 1 aliphatic heterocycles. The number of thioether (sulfide) groups is 1. The summed E-state index contributed by atoms with van der Waals surface area (Å²) in [7, 11) is 0. The minimum Gasteiger partial charge on any atom is -0.327 e. The van der Waals surface area contributed by atoms with E-state index >= 15 is 0 Å². The average Bonchev–Trinajstić information content (AvgIpc) is 1.94. The lowest BCUT2D eigenvalue weighted by molar-refractivity contribution is 0.427. The Hall–Kier alpha value is 0.0500. The monoisotopic (exact) mass is 171 g/mol. The largest absolute Gasteiger partial charge is 0.327 e. The lowest BCUT2D eigenvalue weighted by atomic mass is 9.82. The number of rotatable bonds is 1. The van der Waals surface area contributed by atoms with Gasteiger partial charge in [0, 0.05) is 12.3 Å². The Morgan fingerprint density at radius 1 is 1.64 bits per heavy atom. The number of nitrogens with two attached hydrogens (primary N) is 1. The fraction of sp³-hybridized carbons (Fsp3) is 0.778. The highest BCUT2D eigenvalue weighted by Gasteiger charge is 2.25. The van der Waals surface area contributed by atoms with Crippen LogP contribution in [-0.4, -0.2) is 18.1 Å². The first-order valence-corrected chi connectivity index (χ1v) is 5.29. The van der Waals surface area contributed by atoms with Gasteiger partial charge in [0.1, 0.15) is 0 Å². The Kier molecular flexibility index (Phi) is 3.02. The zero-order chi connectivity index (χ0) is 8.32. The van der Waals surface area contributed by atoms with Crippen molar-refractivity contribution in [3.8, 4) is 0 Å². The highest BCUT2D eigenvalue weighted by Crippen LogP contribution is 2.38. The van der Waals surface area contributed by atoms with Gasteiger partial charge in [-0.1, -0.05) is 25.5 Å². The fourth-order valence-corrected chi connectivity index (χ4v) is 2.87. The summed E-state index contributed by atoms with van der Waals surface area (Å²) in [6, 6.07) is 0. The van der Waals surface area contributed by atoms with E-state index in [1.165, 1.54) is 23.5 Å². The van der Waals surface area contributed by atoms with E-state index in [2.05, 4.69) is 19.9 Å². The number of hydrogen-bond acceptors (Lipinski definition) is 2. The predicted octanol–water partition coefficient (Wildman–Crippen LogP) is 2.03. The topological polar surface area (TPSA) is 26.0 Å². The van der Waals surface area contributed by atoms with Crippen LogP contribution in [0.2, 0.25) is 0 Å². The van der Waals surface area contributed by atoms with Gasteiger partial charge in [0.2, 0.25) is 0 Å². The van der Waals surface area contributed by atoms with Crippen molar-refractivity contribution in [2.75, 3.05) is 18.1 Å². The van der Waals surface area contributed by atoms with Gasteiger partial charge in [0.25, 0.3) is 0 Å². The van der Waals surface area contributed by atoms with E-state index in [-0.39, 0.29) is 0 Å². The molecule has 64 valence electrons. The van der Waals surface area contributed by atoms with Crippen molar-refractivity contribution in [2.24, 2.45) is 11.1 Å². The van der Waals surface area contributed by atoms with Crippen LogP contribution in [0.5, 0.6) is 0 Å². The van der Waals surface area contributed by atoms with E-state index in [1.54, 1.807) is 0 Å². The zero-order valence-corrected chi connectivity index (χ0v) is 8.21. The Balaban J connectivity index is 2.67. The maximum absolute atomic E-state index is 5.49. The third-order valence-corrected chi connectivity index (χ3v) is 3.37. The molecule has 0 atom stereocenters. The maximum atomic E-state index is 5.49. The first-order valence-electron chi connectivity index (χ1n) is 4.14. The SMILES string of the molecule is CC1(C)CCSC/C1=C\CN. The van der Waals surface area contributed by atoms with Gasteiger partial charge < -0.3 is 5.73 Å². The standard InChI is InChI=1S/C9H17NS/c1-9(2)4-6-11-7-8(9)3-5-10/h3H,4-7,10H2,1-2H3/b8-3+. The molecule has 1 heterocycles. The van der Waals surface area contributed by atoms with Gasteiger partial charge in [-0.3, -0.25) is 0 Å². The van der Waals surface area contributed by atoms with Gasteiger partial charge in [-0.2, -0.15) is 11.8 Å². The highest BCUT2D eigenvalue weighted by atomic mass is 32.2. The van der Waals surface area contributed by atoms with Crippen molar-refractivity contribution in [3.05, 3.63) is 11.6 Å². The van der Waals surface area contributed by atoms with Crippen LogP contribution in [0.1, 0.15) is 20.3 Å². The third-order valence-electron chi connectivity index (χ3n) is 2.36. The molecule has 0 aromatic heterocycles. The molecule has 0 saturated carbocycles. The van der Waals surface area contributed by atoms with E-state index in [0.717, 1.165) is 0 Å².